The highest BCUT2D eigenvalue weighted by Gasteiger charge is 2.24. The van der Waals surface area contributed by atoms with Gasteiger partial charge in [-0.25, -0.2) is 8.42 Å². The Hall–Kier alpha value is -2.91. The van der Waals surface area contributed by atoms with Crippen LogP contribution in [0.1, 0.15) is 40.1 Å². The number of carbonyl (C=O) groups is 2. The van der Waals surface area contributed by atoms with E-state index in [1.54, 1.807) is 32.0 Å². The predicted octanol–water partition coefficient (Wildman–Crippen LogP) is 1.80. The van der Waals surface area contributed by atoms with Crippen LogP contribution >= 0.6 is 0 Å². The molecule has 162 valence electrons. The number of sulfonamides is 1. The lowest BCUT2D eigenvalue weighted by Crippen LogP contribution is -2.31. The summed E-state index contributed by atoms with van der Waals surface area (Å²) >= 11 is 0. The molecule has 0 heterocycles. The summed E-state index contributed by atoms with van der Waals surface area (Å²) in [4.78, 5) is 24.0. The minimum Gasteiger partial charge on any atom is -0.496 e. The van der Waals surface area contributed by atoms with Crippen molar-refractivity contribution in [2.45, 2.75) is 25.2 Å². The molecule has 0 saturated carbocycles. The van der Waals surface area contributed by atoms with E-state index in [0.717, 1.165) is 5.56 Å². The first-order valence-corrected chi connectivity index (χ1v) is 11.0. The molecule has 0 spiro atoms. The van der Waals surface area contributed by atoms with Gasteiger partial charge in [0.05, 0.1) is 17.6 Å². The molecule has 0 saturated heterocycles. The summed E-state index contributed by atoms with van der Waals surface area (Å²) < 4.78 is 32.1. The molecule has 2 aromatic carbocycles. The zero-order valence-corrected chi connectivity index (χ0v) is 18.2. The van der Waals surface area contributed by atoms with E-state index in [4.69, 9.17) is 10.5 Å². The van der Waals surface area contributed by atoms with Gasteiger partial charge >= 0.3 is 0 Å². The maximum Gasteiger partial charge on any atom is 0.255 e. The Bertz CT molecular complexity index is 1020. The number of ether oxygens (including phenoxy) is 1. The van der Waals surface area contributed by atoms with Crippen LogP contribution in [0, 0.1) is 0 Å². The number of rotatable bonds is 10. The van der Waals surface area contributed by atoms with E-state index in [9.17, 15) is 18.0 Å². The Morgan fingerprint density at radius 1 is 1.10 bits per heavy atom. The number of primary amides is 1. The summed E-state index contributed by atoms with van der Waals surface area (Å²) in [5, 5.41) is 2.76. The second-order valence-corrected chi connectivity index (χ2v) is 8.46. The van der Waals surface area contributed by atoms with Crippen LogP contribution in [0.3, 0.4) is 0 Å². The number of nitrogens with one attached hydrogen (secondary N) is 1. The zero-order valence-electron chi connectivity index (χ0n) is 17.3. The molecule has 2 amide bonds. The first kappa shape index (κ1) is 23.4. The third-order valence-electron chi connectivity index (χ3n) is 4.67. The molecule has 0 aromatic heterocycles. The van der Waals surface area contributed by atoms with Gasteiger partial charge in [-0.3, -0.25) is 9.59 Å². The second-order valence-electron chi connectivity index (χ2n) is 6.52. The van der Waals surface area contributed by atoms with Gasteiger partial charge in [0.2, 0.25) is 15.9 Å². The van der Waals surface area contributed by atoms with Gasteiger partial charge in [-0.15, -0.1) is 0 Å². The van der Waals surface area contributed by atoms with Gasteiger partial charge in [0.15, 0.2) is 0 Å². The van der Waals surface area contributed by atoms with Gasteiger partial charge in [-0.2, -0.15) is 4.31 Å². The number of hydrogen-bond donors (Lipinski definition) is 2. The molecule has 0 fully saturated rings. The van der Waals surface area contributed by atoms with E-state index in [-0.39, 0.29) is 22.8 Å². The van der Waals surface area contributed by atoms with E-state index in [1.807, 2.05) is 6.07 Å². The minimum absolute atomic E-state index is 0.0336. The largest absolute Gasteiger partial charge is 0.496 e. The van der Waals surface area contributed by atoms with Crippen molar-refractivity contribution < 1.29 is 22.7 Å². The number of benzene rings is 2. The fourth-order valence-electron chi connectivity index (χ4n) is 3.03. The van der Waals surface area contributed by atoms with Crippen molar-refractivity contribution in [1.29, 1.82) is 0 Å². The lowest BCUT2D eigenvalue weighted by molar-refractivity contribution is 0.0949. The Morgan fingerprint density at radius 2 is 1.80 bits per heavy atom. The van der Waals surface area contributed by atoms with Gasteiger partial charge in [0, 0.05) is 25.2 Å². The van der Waals surface area contributed by atoms with E-state index in [1.165, 1.54) is 29.6 Å². The fourth-order valence-corrected chi connectivity index (χ4v) is 4.52. The second kappa shape index (κ2) is 10.2. The van der Waals surface area contributed by atoms with Crippen LogP contribution in [0.5, 0.6) is 5.75 Å². The van der Waals surface area contributed by atoms with Crippen LogP contribution in [0.4, 0.5) is 0 Å². The molecular formula is C21H27N3O5S. The molecule has 0 aliphatic carbocycles. The smallest absolute Gasteiger partial charge is 0.255 e. The summed E-state index contributed by atoms with van der Waals surface area (Å²) in [7, 11) is -2.29. The molecule has 0 aliphatic rings. The van der Waals surface area contributed by atoms with Crippen LogP contribution in [0.15, 0.2) is 47.4 Å². The van der Waals surface area contributed by atoms with Crippen molar-refractivity contribution in [2.75, 3.05) is 26.7 Å². The Morgan fingerprint density at radius 3 is 2.40 bits per heavy atom. The van der Waals surface area contributed by atoms with Crippen LogP contribution in [0.25, 0.3) is 0 Å². The molecule has 3 N–H and O–H groups in total. The lowest BCUT2D eigenvalue weighted by Gasteiger charge is -2.19. The number of amides is 2. The number of carbonyl (C=O) groups excluding carboxylic acids is 2. The lowest BCUT2D eigenvalue weighted by atomic mass is 10.1. The molecule has 9 heteroatoms. The molecule has 2 aromatic rings. The van der Waals surface area contributed by atoms with Crippen molar-refractivity contribution in [3.63, 3.8) is 0 Å². The van der Waals surface area contributed by atoms with Crippen LogP contribution in [-0.2, 0) is 16.4 Å². The van der Waals surface area contributed by atoms with Crippen molar-refractivity contribution in [3.05, 3.63) is 59.2 Å². The van der Waals surface area contributed by atoms with E-state index >= 15 is 0 Å². The summed E-state index contributed by atoms with van der Waals surface area (Å²) in [6, 6.07) is 11.1. The molecule has 30 heavy (non-hydrogen) atoms. The highest BCUT2D eigenvalue weighted by Crippen LogP contribution is 2.24. The number of nitrogens with two attached hydrogens (primary N) is 1. The fraction of sp³-hybridized carbons (Fsp3) is 0.333. The molecule has 8 nitrogen and oxygen atoms in total. The van der Waals surface area contributed by atoms with Gasteiger partial charge in [0.1, 0.15) is 5.75 Å². The average Bonchev–Trinajstić information content (AvgIpc) is 2.74. The predicted molar refractivity (Wildman–Crippen MR) is 114 cm³/mol. The molecule has 2 rings (SSSR count). The third-order valence-corrected chi connectivity index (χ3v) is 6.72. The molecule has 0 atom stereocenters. The zero-order chi connectivity index (χ0) is 22.3. The summed E-state index contributed by atoms with van der Waals surface area (Å²) in [5.41, 5.74) is 6.66. The topological polar surface area (TPSA) is 119 Å². The summed E-state index contributed by atoms with van der Waals surface area (Å²) in [5.74, 6) is -0.687. The Balaban J connectivity index is 2.18. The SMILES string of the molecule is CCN(CC)S(=O)(=O)c1ccc(OC)c(C(=O)NCCc2cccc(C(N)=O)c2)c1. The number of methoxy groups -OCH3 is 1. The van der Waals surface area contributed by atoms with E-state index in [2.05, 4.69) is 5.32 Å². The van der Waals surface area contributed by atoms with Crippen LogP contribution in [-0.4, -0.2) is 51.3 Å². The van der Waals surface area contributed by atoms with Crippen LogP contribution < -0.4 is 15.8 Å². The van der Waals surface area contributed by atoms with Gasteiger partial charge in [0.25, 0.3) is 5.91 Å². The molecular weight excluding hydrogens is 406 g/mol. The minimum atomic E-state index is -3.70. The first-order chi connectivity index (χ1) is 14.2. The molecule has 0 bridgehead atoms. The van der Waals surface area contributed by atoms with Gasteiger partial charge in [-0.1, -0.05) is 26.0 Å². The van der Waals surface area contributed by atoms with Crippen molar-refractivity contribution in [2.24, 2.45) is 5.73 Å². The third kappa shape index (κ3) is 5.37. The van der Waals surface area contributed by atoms with E-state index < -0.39 is 21.8 Å². The molecule has 0 radical (unpaired) electrons. The Labute approximate surface area is 177 Å². The number of nitrogens with zero attached hydrogens (tertiary/aromatic N) is 1. The quantitative estimate of drug-likeness (QED) is 0.592. The molecule has 0 aliphatic heterocycles. The van der Waals surface area contributed by atoms with Crippen LogP contribution in [0.2, 0.25) is 0 Å². The maximum atomic E-state index is 12.8. The Kier molecular flexibility index (Phi) is 7.96. The first-order valence-electron chi connectivity index (χ1n) is 9.59. The van der Waals surface area contributed by atoms with Gasteiger partial charge in [-0.05, 0) is 42.3 Å². The number of hydrogen-bond acceptors (Lipinski definition) is 5. The maximum absolute atomic E-state index is 12.8. The highest BCUT2D eigenvalue weighted by molar-refractivity contribution is 7.89. The average molecular weight is 434 g/mol. The molecule has 0 unspecified atom stereocenters. The van der Waals surface area contributed by atoms with E-state index in [0.29, 0.717) is 25.1 Å². The normalized spacial score (nSPS) is 11.3. The van der Waals surface area contributed by atoms with Gasteiger partial charge < -0.3 is 15.8 Å². The highest BCUT2D eigenvalue weighted by atomic mass is 32.2. The monoisotopic (exact) mass is 433 g/mol. The summed E-state index contributed by atoms with van der Waals surface area (Å²) in [6.07, 6.45) is 0.479. The standard InChI is InChI=1S/C21H27N3O5S/c1-4-24(5-2)30(27,28)17-9-10-19(29-3)18(14-17)21(26)23-12-11-15-7-6-8-16(13-15)20(22)25/h6-10,13-14H,4-5,11-12H2,1-3H3,(H2,22,25)(H,23,26). The van der Waals surface area contributed by atoms with Crippen molar-refractivity contribution in [1.82, 2.24) is 9.62 Å². The summed E-state index contributed by atoms with van der Waals surface area (Å²) in [6.45, 7) is 4.46. The van der Waals surface area contributed by atoms with Crippen molar-refractivity contribution in [3.8, 4) is 5.75 Å². The van der Waals surface area contributed by atoms with Crippen molar-refractivity contribution >= 4 is 21.8 Å².